The van der Waals surface area contributed by atoms with Crippen LogP contribution >= 0.6 is 0 Å². The maximum Gasteiger partial charge on any atom is 0.257 e. The lowest BCUT2D eigenvalue weighted by atomic mass is 10.1. The number of hydrogen-bond donors (Lipinski definition) is 3. The molecule has 2 aliphatic rings. The van der Waals surface area contributed by atoms with Crippen molar-refractivity contribution < 1.29 is 9.59 Å². The number of pyridine rings is 2. The number of piperidine rings is 1. The van der Waals surface area contributed by atoms with Crippen LogP contribution in [0.25, 0.3) is 22.3 Å². The quantitative estimate of drug-likeness (QED) is 0.372. The second-order valence-corrected chi connectivity index (χ2v) is 9.87. The van der Waals surface area contributed by atoms with Crippen LogP contribution in [-0.4, -0.2) is 61.1 Å². The highest BCUT2D eigenvalue weighted by atomic mass is 16.2. The molecule has 2 amide bonds. The van der Waals surface area contributed by atoms with E-state index in [0.29, 0.717) is 29.2 Å². The van der Waals surface area contributed by atoms with Crippen LogP contribution < -0.4 is 10.6 Å². The van der Waals surface area contributed by atoms with Crippen molar-refractivity contribution in [3.05, 3.63) is 53.7 Å². The SMILES string of the molecule is Cc1ncc(NC(=O)CN2CCCCC2)cc1NC(=O)c1cnc2[nH]c(-c3cnn4c3CCC4)cc2c1. The number of aromatic amines is 1. The molecule has 10 heteroatoms. The number of rotatable bonds is 6. The molecule has 10 nitrogen and oxygen atoms in total. The monoisotopic (exact) mass is 498 g/mol. The Morgan fingerprint density at radius 2 is 1.84 bits per heavy atom. The number of aromatic nitrogens is 5. The van der Waals surface area contributed by atoms with E-state index in [1.54, 1.807) is 18.5 Å². The molecule has 4 aromatic heterocycles. The first-order chi connectivity index (χ1) is 18.0. The first kappa shape index (κ1) is 23.4. The topological polar surface area (TPSA) is 121 Å². The van der Waals surface area contributed by atoms with E-state index >= 15 is 0 Å². The van der Waals surface area contributed by atoms with Gasteiger partial charge in [0.05, 0.1) is 47.3 Å². The number of carbonyl (C=O) groups excluding carboxylic acids is 2. The van der Waals surface area contributed by atoms with E-state index in [1.165, 1.54) is 12.1 Å². The van der Waals surface area contributed by atoms with Crippen molar-refractivity contribution in [3.8, 4) is 11.3 Å². The minimum Gasteiger partial charge on any atom is -0.339 e. The number of amides is 2. The molecule has 1 fully saturated rings. The molecule has 2 aliphatic heterocycles. The summed E-state index contributed by atoms with van der Waals surface area (Å²) in [6, 6.07) is 5.59. The molecule has 4 aromatic rings. The molecule has 0 spiro atoms. The molecule has 0 aliphatic carbocycles. The van der Waals surface area contributed by atoms with Crippen LogP contribution in [0.3, 0.4) is 0 Å². The van der Waals surface area contributed by atoms with Crippen LogP contribution in [0.1, 0.15) is 47.4 Å². The van der Waals surface area contributed by atoms with Gasteiger partial charge < -0.3 is 15.6 Å². The predicted molar refractivity (Wildman–Crippen MR) is 141 cm³/mol. The van der Waals surface area contributed by atoms with E-state index in [0.717, 1.165) is 67.6 Å². The van der Waals surface area contributed by atoms with Crippen molar-refractivity contribution in [1.82, 2.24) is 29.6 Å². The zero-order valence-corrected chi connectivity index (χ0v) is 20.9. The maximum atomic E-state index is 13.1. The van der Waals surface area contributed by atoms with Gasteiger partial charge in [0.25, 0.3) is 5.91 Å². The fourth-order valence-corrected chi connectivity index (χ4v) is 5.22. The van der Waals surface area contributed by atoms with Gasteiger partial charge in [-0.25, -0.2) is 4.98 Å². The maximum absolute atomic E-state index is 13.1. The number of carbonyl (C=O) groups is 2. The highest BCUT2D eigenvalue weighted by Gasteiger charge is 2.20. The summed E-state index contributed by atoms with van der Waals surface area (Å²) in [6.45, 7) is 5.04. The number of nitrogens with one attached hydrogen (secondary N) is 3. The van der Waals surface area contributed by atoms with Gasteiger partial charge in [0.15, 0.2) is 0 Å². The van der Waals surface area contributed by atoms with E-state index in [1.807, 2.05) is 29.9 Å². The standard InChI is InChI=1S/C27H30N8O2/c1-17-22(12-20(14-28-17)31-25(36)16-34-7-3-2-4-8-34)33-27(37)19-10-18-11-23(32-26(18)29-13-19)21-15-30-35-9-5-6-24(21)35/h10-15H,2-9,16H2,1H3,(H,29,32)(H,31,36)(H,33,37). The first-order valence-electron chi connectivity index (χ1n) is 12.9. The zero-order chi connectivity index (χ0) is 25.4. The average molecular weight is 499 g/mol. The van der Waals surface area contributed by atoms with Gasteiger partial charge in [-0.05, 0) is 63.9 Å². The number of likely N-dealkylation sites (tertiary alicyclic amines) is 1. The van der Waals surface area contributed by atoms with Gasteiger partial charge in [-0.1, -0.05) is 6.42 Å². The number of hydrogen-bond acceptors (Lipinski definition) is 6. The summed E-state index contributed by atoms with van der Waals surface area (Å²) in [4.78, 5) is 40.0. The van der Waals surface area contributed by atoms with E-state index in [9.17, 15) is 9.59 Å². The molecule has 190 valence electrons. The van der Waals surface area contributed by atoms with Crippen molar-refractivity contribution in [3.63, 3.8) is 0 Å². The number of H-pyrrole nitrogens is 1. The Kier molecular flexibility index (Phi) is 6.17. The Labute approximate surface area is 214 Å². The smallest absolute Gasteiger partial charge is 0.257 e. The van der Waals surface area contributed by atoms with Gasteiger partial charge in [-0.2, -0.15) is 5.10 Å². The second-order valence-electron chi connectivity index (χ2n) is 9.87. The van der Waals surface area contributed by atoms with Gasteiger partial charge in [0, 0.05) is 29.4 Å². The van der Waals surface area contributed by atoms with Gasteiger partial charge in [0.1, 0.15) is 5.65 Å². The van der Waals surface area contributed by atoms with Crippen LogP contribution in [0, 0.1) is 6.92 Å². The Hall–Kier alpha value is -4.05. The van der Waals surface area contributed by atoms with E-state index in [4.69, 9.17) is 0 Å². The highest BCUT2D eigenvalue weighted by molar-refractivity contribution is 6.06. The Bertz CT molecular complexity index is 1480. The molecule has 0 bridgehead atoms. The molecule has 6 heterocycles. The molecule has 37 heavy (non-hydrogen) atoms. The van der Waals surface area contributed by atoms with Crippen LogP contribution in [0.4, 0.5) is 11.4 Å². The summed E-state index contributed by atoms with van der Waals surface area (Å²) < 4.78 is 2.05. The lowest BCUT2D eigenvalue weighted by Gasteiger charge is -2.25. The summed E-state index contributed by atoms with van der Waals surface area (Å²) in [7, 11) is 0. The lowest BCUT2D eigenvalue weighted by Crippen LogP contribution is -2.36. The third-order valence-electron chi connectivity index (χ3n) is 7.19. The Morgan fingerprint density at radius 3 is 2.70 bits per heavy atom. The number of nitrogens with zero attached hydrogens (tertiary/aromatic N) is 5. The summed E-state index contributed by atoms with van der Waals surface area (Å²) in [5, 5.41) is 11.2. The minimum absolute atomic E-state index is 0.0770. The molecule has 0 unspecified atom stereocenters. The lowest BCUT2D eigenvalue weighted by molar-refractivity contribution is -0.117. The normalized spacial score (nSPS) is 15.6. The third-order valence-corrected chi connectivity index (χ3v) is 7.19. The average Bonchev–Trinajstić information content (AvgIpc) is 3.62. The van der Waals surface area contributed by atoms with Crippen molar-refractivity contribution in [2.24, 2.45) is 0 Å². The molecular weight excluding hydrogens is 468 g/mol. The molecule has 0 aromatic carbocycles. The summed E-state index contributed by atoms with van der Waals surface area (Å²) in [5.74, 6) is -0.364. The van der Waals surface area contributed by atoms with E-state index < -0.39 is 0 Å². The van der Waals surface area contributed by atoms with Crippen LogP contribution in [0.5, 0.6) is 0 Å². The number of aryl methyl sites for hydroxylation is 2. The molecule has 1 saturated heterocycles. The van der Waals surface area contributed by atoms with Crippen LogP contribution in [0.2, 0.25) is 0 Å². The van der Waals surface area contributed by atoms with E-state index in [-0.39, 0.29) is 11.8 Å². The Balaban J connectivity index is 1.16. The minimum atomic E-state index is -0.287. The molecular formula is C27H30N8O2. The van der Waals surface area contributed by atoms with Gasteiger partial charge in [-0.3, -0.25) is 24.2 Å². The summed E-state index contributed by atoms with van der Waals surface area (Å²) in [6.07, 6.45) is 10.7. The molecule has 0 saturated carbocycles. The fraction of sp³-hybridized carbons (Fsp3) is 0.370. The van der Waals surface area contributed by atoms with E-state index in [2.05, 4.69) is 35.6 Å². The molecule has 0 atom stereocenters. The fourth-order valence-electron chi connectivity index (χ4n) is 5.22. The van der Waals surface area contributed by atoms with Crippen molar-refractivity contribution in [2.45, 2.75) is 45.6 Å². The number of fused-ring (bicyclic) bond motifs is 2. The Morgan fingerprint density at radius 1 is 0.973 bits per heavy atom. The van der Waals surface area contributed by atoms with Gasteiger partial charge >= 0.3 is 0 Å². The van der Waals surface area contributed by atoms with Crippen molar-refractivity contribution in [2.75, 3.05) is 30.3 Å². The molecule has 6 rings (SSSR count). The van der Waals surface area contributed by atoms with Crippen LogP contribution in [-0.2, 0) is 17.8 Å². The first-order valence-corrected chi connectivity index (χ1v) is 12.9. The predicted octanol–water partition coefficient (Wildman–Crippen LogP) is 3.75. The molecule has 0 radical (unpaired) electrons. The zero-order valence-electron chi connectivity index (χ0n) is 20.9. The summed E-state index contributed by atoms with van der Waals surface area (Å²) >= 11 is 0. The van der Waals surface area contributed by atoms with Crippen molar-refractivity contribution >= 4 is 34.2 Å². The van der Waals surface area contributed by atoms with Crippen LogP contribution in [0.15, 0.2) is 36.8 Å². The largest absolute Gasteiger partial charge is 0.339 e. The summed E-state index contributed by atoms with van der Waals surface area (Å²) in [5.41, 5.74) is 6.20. The van der Waals surface area contributed by atoms with Gasteiger partial charge in [0.2, 0.25) is 5.91 Å². The highest BCUT2D eigenvalue weighted by Crippen LogP contribution is 2.30. The molecule has 3 N–H and O–H groups in total. The second kappa shape index (κ2) is 9.78. The van der Waals surface area contributed by atoms with Gasteiger partial charge in [-0.15, -0.1) is 0 Å². The van der Waals surface area contributed by atoms with Crippen molar-refractivity contribution in [1.29, 1.82) is 0 Å². The number of anilines is 2. The third kappa shape index (κ3) is 4.84.